The van der Waals surface area contributed by atoms with E-state index in [-0.39, 0.29) is 6.61 Å². The van der Waals surface area contributed by atoms with Crippen LogP contribution in [0.1, 0.15) is 23.8 Å². The van der Waals surface area contributed by atoms with Crippen molar-refractivity contribution in [1.82, 2.24) is 20.2 Å². The Kier molecular flexibility index (Phi) is 4.66. The van der Waals surface area contributed by atoms with Crippen molar-refractivity contribution >= 4 is 21.8 Å². The van der Waals surface area contributed by atoms with Gasteiger partial charge in [-0.2, -0.15) is 0 Å². The fraction of sp³-hybridized carbons (Fsp3) is 0.174. The summed E-state index contributed by atoms with van der Waals surface area (Å²) in [4.78, 5) is 7.70. The van der Waals surface area contributed by atoms with E-state index in [2.05, 4.69) is 44.6 Å². The van der Waals surface area contributed by atoms with Crippen LogP contribution in [-0.2, 0) is 19.4 Å². The van der Waals surface area contributed by atoms with Gasteiger partial charge in [-0.1, -0.05) is 36.4 Å². The van der Waals surface area contributed by atoms with E-state index >= 15 is 0 Å². The Hall–Kier alpha value is -3.67. The van der Waals surface area contributed by atoms with Gasteiger partial charge < -0.3 is 14.1 Å². The van der Waals surface area contributed by atoms with Gasteiger partial charge in [0.2, 0.25) is 5.89 Å². The average molecular weight is 384 g/mol. The normalized spacial score (nSPS) is 11.3. The first kappa shape index (κ1) is 17.4. The highest BCUT2D eigenvalue weighted by atomic mass is 16.5. The van der Waals surface area contributed by atoms with Crippen molar-refractivity contribution < 1.29 is 9.15 Å². The Morgan fingerprint density at radius 1 is 0.897 bits per heavy atom. The molecule has 144 valence electrons. The summed E-state index contributed by atoms with van der Waals surface area (Å²) in [6, 6.07) is 18.1. The van der Waals surface area contributed by atoms with Crippen molar-refractivity contribution in [2.75, 3.05) is 0 Å². The minimum atomic E-state index is 0.227. The van der Waals surface area contributed by atoms with Crippen LogP contribution in [0.4, 0.5) is 0 Å². The molecule has 0 unspecified atom stereocenters. The number of ether oxygens (including phenoxy) is 1. The number of aryl methyl sites for hydroxylation is 2. The maximum atomic E-state index is 5.87. The number of rotatable bonds is 7. The number of para-hydroxylation sites is 2. The Morgan fingerprint density at radius 3 is 2.79 bits per heavy atom. The molecule has 3 heterocycles. The predicted octanol–water partition coefficient (Wildman–Crippen LogP) is 4.85. The summed E-state index contributed by atoms with van der Waals surface area (Å²) in [5.41, 5.74) is 3.31. The van der Waals surface area contributed by atoms with Gasteiger partial charge in [0.15, 0.2) is 6.61 Å². The number of aromatic nitrogens is 4. The molecule has 0 saturated heterocycles. The van der Waals surface area contributed by atoms with E-state index in [4.69, 9.17) is 9.15 Å². The first-order valence-electron chi connectivity index (χ1n) is 9.69. The molecule has 6 nitrogen and oxygen atoms in total. The van der Waals surface area contributed by atoms with E-state index in [0.29, 0.717) is 17.5 Å². The van der Waals surface area contributed by atoms with Gasteiger partial charge in [0.1, 0.15) is 11.3 Å². The molecule has 0 aliphatic rings. The molecular formula is C23H20N4O2. The molecule has 3 aromatic heterocycles. The monoisotopic (exact) mass is 384 g/mol. The number of aromatic amines is 1. The summed E-state index contributed by atoms with van der Waals surface area (Å²) in [6.45, 7) is 0.227. The van der Waals surface area contributed by atoms with Crippen LogP contribution >= 0.6 is 0 Å². The summed E-state index contributed by atoms with van der Waals surface area (Å²) < 4.78 is 11.6. The van der Waals surface area contributed by atoms with Crippen molar-refractivity contribution in [1.29, 1.82) is 0 Å². The zero-order chi connectivity index (χ0) is 19.5. The van der Waals surface area contributed by atoms with Gasteiger partial charge in [-0.25, -0.2) is 0 Å². The number of hydrogen-bond donors (Lipinski definition) is 1. The van der Waals surface area contributed by atoms with Crippen LogP contribution in [0.3, 0.4) is 0 Å². The molecule has 0 atom stereocenters. The first-order valence-corrected chi connectivity index (χ1v) is 9.69. The lowest BCUT2D eigenvalue weighted by atomic mass is 10.1. The van der Waals surface area contributed by atoms with Crippen molar-refractivity contribution in [3.63, 3.8) is 0 Å². The number of benzene rings is 2. The summed E-state index contributed by atoms with van der Waals surface area (Å²) in [7, 11) is 0. The molecule has 5 aromatic rings. The van der Waals surface area contributed by atoms with E-state index in [1.54, 1.807) is 6.20 Å². The molecule has 0 saturated carbocycles. The van der Waals surface area contributed by atoms with Crippen molar-refractivity contribution in [2.45, 2.75) is 25.9 Å². The van der Waals surface area contributed by atoms with E-state index in [9.17, 15) is 0 Å². The standard InChI is InChI=1S/C23H20N4O2/c1-2-10-19-18(9-1)17(14-25-19)7-4-12-21-26-27-22(29-21)15-28-20-11-3-6-16-8-5-13-24-23(16)20/h1-3,5-6,8-11,13-14,25H,4,7,12,15H2. The Balaban J connectivity index is 1.19. The third kappa shape index (κ3) is 3.69. The lowest BCUT2D eigenvalue weighted by Gasteiger charge is -2.06. The summed E-state index contributed by atoms with van der Waals surface area (Å²) in [6.07, 6.45) is 6.48. The molecular weight excluding hydrogens is 364 g/mol. The fourth-order valence-corrected chi connectivity index (χ4v) is 3.55. The predicted molar refractivity (Wildman–Crippen MR) is 111 cm³/mol. The van der Waals surface area contributed by atoms with Gasteiger partial charge >= 0.3 is 0 Å². The number of hydrogen-bond acceptors (Lipinski definition) is 5. The molecule has 6 heteroatoms. The fourth-order valence-electron chi connectivity index (χ4n) is 3.55. The van der Waals surface area contributed by atoms with Crippen LogP contribution in [0, 0.1) is 0 Å². The quantitative estimate of drug-likeness (QED) is 0.434. The van der Waals surface area contributed by atoms with E-state index in [0.717, 1.165) is 30.2 Å². The Bertz CT molecular complexity index is 1250. The lowest BCUT2D eigenvalue weighted by molar-refractivity contribution is 0.261. The summed E-state index contributed by atoms with van der Waals surface area (Å²) >= 11 is 0. The molecule has 0 fully saturated rings. The highest BCUT2D eigenvalue weighted by Crippen LogP contribution is 2.24. The van der Waals surface area contributed by atoms with Crippen LogP contribution in [0.5, 0.6) is 5.75 Å². The van der Waals surface area contributed by atoms with Crippen LogP contribution in [0.2, 0.25) is 0 Å². The van der Waals surface area contributed by atoms with Gasteiger partial charge in [0.05, 0.1) is 0 Å². The highest BCUT2D eigenvalue weighted by Gasteiger charge is 2.10. The zero-order valence-corrected chi connectivity index (χ0v) is 15.8. The maximum absolute atomic E-state index is 5.87. The molecule has 0 radical (unpaired) electrons. The lowest BCUT2D eigenvalue weighted by Crippen LogP contribution is -1.97. The van der Waals surface area contributed by atoms with Gasteiger partial charge in [-0.05, 0) is 36.6 Å². The maximum Gasteiger partial charge on any atom is 0.253 e. The van der Waals surface area contributed by atoms with Crippen LogP contribution in [0.25, 0.3) is 21.8 Å². The highest BCUT2D eigenvalue weighted by molar-refractivity contribution is 5.84. The molecule has 0 amide bonds. The van der Waals surface area contributed by atoms with Crippen LogP contribution in [0.15, 0.2) is 71.4 Å². The first-order chi connectivity index (χ1) is 14.4. The molecule has 0 aliphatic heterocycles. The van der Waals surface area contributed by atoms with Gasteiger partial charge in [-0.15, -0.1) is 10.2 Å². The smallest absolute Gasteiger partial charge is 0.253 e. The molecule has 0 spiro atoms. The molecule has 29 heavy (non-hydrogen) atoms. The van der Waals surface area contributed by atoms with Crippen molar-refractivity contribution in [2.24, 2.45) is 0 Å². The van der Waals surface area contributed by atoms with E-state index in [1.165, 1.54) is 16.5 Å². The SMILES string of the molecule is c1cnc2c(OCc3nnc(CCCc4c[nH]c5ccccc45)o3)cccc2c1. The van der Waals surface area contributed by atoms with Crippen molar-refractivity contribution in [3.8, 4) is 5.75 Å². The number of fused-ring (bicyclic) bond motifs is 2. The van der Waals surface area contributed by atoms with Crippen molar-refractivity contribution in [3.05, 3.63) is 84.3 Å². The third-order valence-corrected chi connectivity index (χ3v) is 4.97. The molecule has 5 rings (SSSR count). The van der Waals surface area contributed by atoms with E-state index in [1.807, 2.05) is 36.4 Å². The molecule has 0 aliphatic carbocycles. The average Bonchev–Trinajstić information content (AvgIpc) is 3.39. The molecule has 1 N–H and O–H groups in total. The summed E-state index contributed by atoms with van der Waals surface area (Å²) in [5, 5.41) is 10.6. The summed E-state index contributed by atoms with van der Waals surface area (Å²) in [5.74, 6) is 1.82. The number of nitrogens with one attached hydrogen (secondary N) is 1. The minimum absolute atomic E-state index is 0.227. The van der Waals surface area contributed by atoms with E-state index < -0.39 is 0 Å². The second-order valence-corrected chi connectivity index (χ2v) is 6.92. The van der Waals surface area contributed by atoms with Gasteiger partial charge in [0, 0.05) is 35.1 Å². The molecule has 2 aromatic carbocycles. The zero-order valence-electron chi connectivity index (χ0n) is 15.8. The largest absolute Gasteiger partial charge is 0.482 e. The van der Waals surface area contributed by atoms with Crippen LogP contribution in [-0.4, -0.2) is 20.2 Å². The Labute approximate surface area is 167 Å². The topological polar surface area (TPSA) is 76.8 Å². The molecule has 0 bridgehead atoms. The van der Waals surface area contributed by atoms with Gasteiger partial charge in [-0.3, -0.25) is 4.98 Å². The Morgan fingerprint density at radius 2 is 1.79 bits per heavy atom. The second-order valence-electron chi connectivity index (χ2n) is 6.92. The van der Waals surface area contributed by atoms with Crippen LogP contribution < -0.4 is 4.74 Å². The van der Waals surface area contributed by atoms with Gasteiger partial charge in [0.25, 0.3) is 5.89 Å². The third-order valence-electron chi connectivity index (χ3n) is 4.97. The number of pyridine rings is 1. The second kappa shape index (κ2) is 7.75. The number of nitrogens with zero attached hydrogens (tertiary/aromatic N) is 3. The number of H-pyrrole nitrogens is 1. The minimum Gasteiger partial charge on any atom is -0.482 e.